The number of rotatable bonds is 6. The summed E-state index contributed by atoms with van der Waals surface area (Å²) in [4.78, 5) is 16.9. The van der Waals surface area contributed by atoms with Crippen LogP contribution in [-0.4, -0.2) is 27.7 Å². The van der Waals surface area contributed by atoms with Crippen molar-refractivity contribution < 1.29 is 9.53 Å². The van der Waals surface area contributed by atoms with Gasteiger partial charge in [0.15, 0.2) is 11.6 Å². The van der Waals surface area contributed by atoms with Crippen LogP contribution in [-0.2, 0) is 19.4 Å². The lowest BCUT2D eigenvalue weighted by Gasteiger charge is -2.09. The Kier molecular flexibility index (Phi) is 4.73. The molecule has 1 heterocycles. The van der Waals surface area contributed by atoms with Crippen LogP contribution in [0.1, 0.15) is 41.4 Å². The highest BCUT2D eigenvalue weighted by atomic mass is 16.5. The van der Waals surface area contributed by atoms with Gasteiger partial charge in [0.25, 0.3) is 0 Å². The molecule has 0 saturated carbocycles. The summed E-state index contributed by atoms with van der Waals surface area (Å²) in [5, 5.41) is 4.38. The van der Waals surface area contributed by atoms with Crippen LogP contribution in [0.4, 0.5) is 0 Å². The molecule has 0 radical (unpaired) electrons. The third kappa shape index (κ3) is 3.29. The zero-order valence-electron chi connectivity index (χ0n) is 13.0. The summed E-state index contributed by atoms with van der Waals surface area (Å²) in [6.45, 7) is 6.17. The summed E-state index contributed by atoms with van der Waals surface area (Å²) >= 11 is 0. The molecule has 0 unspecified atom stereocenters. The number of aryl methyl sites for hydroxylation is 3. The average Bonchev–Trinajstić information content (AvgIpc) is 2.89. The fourth-order valence-electron chi connectivity index (χ4n) is 2.21. The predicted molar refractivity (Wildman–Crippen MR) is 80.8 cm³/mol. The van der Waals surface area contributed by atoms with Crippen molar-refractivity contribution in [2.45, 2.75) is 40.2 Å². The number of Topliss-reactive ketones (excluding diaryl/α,β-unsaturated/α-hetero) is 1. The third-order valence-corrected chi connectivity index (χ3v) is 3.38. The highest BCUT2D eigenvalue weighted by Gasteiger charge is 2.16. The van der Waals surface area contributed by atoms with E-state index in [2.05, 4.69) is 10.1 Å². The summed E-state index contributed by atoms with van der Waals surface area (Å²) in [6.07, 6.45) is 1.52. The molecule has 21 heavy (non-hydrogen) atoms. The molecule has 0 spiro atoms. The molecular formula is C16H21N3O2. The van der Waals surface area contributed by atoms with E-state index in [0.29, 0.717) is 11.3 Å². The Labute approximate surface area is 125 Å². The van der Waals surface area contributed by atoms with E-state index >= 15 is 0 Å². The second-order valence-corrected chi connectivity index (χ2v) is 4.94. The normalized spacial score (nSPS) is 10.7. The van der Waals surface area contributed by atoms with Crippen molar-refractivity contribution in [1.82, 2.24) is 14.8 Å². The van der Waals surface area contributed by atoms with Crippen molar-refractivity contribution in [1.29, 1.82) is 0 Å². The first-order chi connectivity index (χ1) is 10.1. The van der Waals surface area contributed by atoms with Gasteiger partial charge in [-0.15, -0.1) is 0 Å². The maximum atomic E-state index is 12.5. The number of carbonyl (C=O) groups excluding carboxylic acids is 1. The molecule has 112 valence electrons. The van der Waals surface area contributed by atoms with Gasteiger partial charge in [0, 0.05) is 12.8 Å². The molecule has 0 atom stereocenters. The van der Waals surface area contributed by atoms with Gasteiger partial charge in [-0.05, 0) is 24.6 Å². The number of aromatic nitrogens is 3. The van der Waals surface area contributed by atoms with Gasteiger partial charge in [0.1, 0.15) is 18.1 Å². The standard InChI is InChI=1S/C16H21N3O2/c1-5-15-17-16(6-2)19(18-15)10-13(20)12-8-7-11(3)9-14(12)21-4/h7-9H,5-6,10H2,1-4H3. The highest BCUT2D eigenvalue weighted by molar-refractivity contribution is 5.98. The average molecular weight is 287 g/mol. The van der Waals surface area contributed by atoms with E-state index in [1.807, 2.05) is 32.9 Å². The maximum Gasteiger partial charge on any atom is 0.188 e. The number of ether oxygens (including phenoxy) is 1. The smallest absolute Gasteiger partial charge is 0.188 e. The quantitative estimate of drug-likeness (QED) is 0.766. The lowest BCUT2D eigenvalue weighted by atomic mass is 10.1. The number of nitrogens with zero attached hydrogens (tertiary/aromatic N) is 3. The Hall–Kier alpha value is -2.17. The number of carbonyl (C=O) groups is 1. The Balaban J connectivity index is 2.27. The maximum absolute atomic E-state index is 12.5. The fraction of sp³-hybridized carbons (Fsp3) is 0.438. The molecule has 5 nitrogen and oxygen atoms in total. The minimum Gasteiger partial charge on any atom is -0.496 e. The number of methoxy groups -OCH3 is 1. The van der Waals surface area contributed by atoms with Crippen LogP contribution in [0, 0.1) is 6.92 Å². The van der Waals surface area contributed by atoms with Gasteiger partial charge in [-0.2, -0.15) is 5.10 Å². The first-order valence-corrected chi connectivity index (χ1v) is 7.19. The molecule has 0 amide bonds. The minimum atomic E-state index is -0.0193. The number of ketones is 1. The van der Waals surface area contributed by atoms with E-state index < -0.39 is 0 Å². The molecule has 0 aliphatic heterocycles. The SMILES string of the molecule is CCc1nc(CC)n(CC(=O)c2ccc(C)cc2OC)n1. The molecule has 0 aliphatic carbocycles. The van der Waals surface area contributed by atoms with E-state index in [0.717, 1.165) is 30.1 Å². The first-order valence-electron chi connectivity index (χ1n) is 7.19. The van der Waals surface area contributed by atoms with Crippen molar-refractivity contribution in [2.24, 2.45) is 0 Å². The Morgan fingerprint density at radius 2 is 2.05 bits per heavy atom. The van der Waals surface area contributed by atoms with Crippen molar-refractivity contribution in [2.75, 3.05) is 7.11 Å². The monoisotopic (exact) mass is 287 g/mol. The van der Waals surface area contributed by atoms with Gasteiger partial charge in [-0.1, -0.05) is 19.9 Å². The van der Waals surface area contributed by atoms with E-state index in [4.69, 9.17) is 4.74 Å². The molecular weight excluding hydrogens is 266 g/mol. The molecule has 1 aromatic heterocycles. The van der Waals surface area contributed by atoms with Crippen LogP contribution in [0.5, 0.6) is 5.75 Å². The van der Waals surface area contributed by atoms with Crippen LogP contribution in [0.2, 0.25) is 0 Å². The predicted octanol–water partition coefficient (Wildman–Crippen LogP) is 2.60. The highest BCUT2D eigenvalue weighted by Crippen LogP contribution is 2.21. The fourth-order valence-corrected chi connectivity index (χ4v) is 2.21. The molecule has 0 fully saturated rings. The van der Waals surface area contributed by atoms with Crippen molar-refractivity contribution in [3.8, 4) is 5.75 Å². The van der Waals surface area contributed by atoms with E-state index in [-0.39, 0.29) is 12.3 Å². The van der Waals surface area contributed by atoms with Gasteiger partial charge in [0.2, 0.25) is 0 Å². The van der Waals surface area contributed by atoms with Crippen LogP contribution < -0.4 is 4.74 Å². The van der Waals surface area contributed by atoms with Crippen molar-refractivity contribution in [3.63, 3.8) is 0 Å². The number of hydrogen-bond donors (Lipinski definition) is 0. The summed E-state index contributed by atoms with van der Waals surface area (Å²) < 4.78 is 7.00. The lowest BCUT2D eigenvalue weighted by molar-refractivity contribution is 0.0963. The molecule has 0 aliphatic rings. The molecule has 0 bridgehead atoms. The molecule has 5 heteroatoms. The summed E-state index contributed by atoms with van der Waals surface area (Å²) in [5.41, 5.74) is 1.64. The summed E-state index contributed by atoms with van der Waals surface area (Å²) in [6, 6.07) is 5.59. The van der Waals surface area contributed by atoms with Crippen LogP contribution in [0.3, 0.4) is 0 Å². The van der Waals surface area contributed by atoms with Gasteiger partial charge >= 0.3 is 0 Å². The Morgan fingerprint density at radius 3 is 2.67 bits per heavy atom. The van der Waals surface area contributed by atoms with Crippen LogP contribution in [0.25, 0.3) is 0 Å². The van der Waals surface area contributed by atoms with Gasteiger partial charge in [-0.3, -0.25) is 4.79 Å². The molecule has 2 aromatic rings. The minimum absolute atomic E-state index is 0.0193. The number of benzene rings is 1. The largest absolute Gasteiger partial charge is 0.496 e. The van der Waals surface area contributed by atoms with Crippen LogP contribution in [0.15, 0.2) is 18.2 Å². The molecule has 0 N–H and O–H groups in total. The van der Waals surface area contributed by atoms with Gasteiger partial charge in [-0.25, -0.2) is 9.67 Å². The zero-order valence-corrected chi connectivity index (χ0v) is 13.0. The second-order valence-electron chi connectivity index (χ2n) is 4.94. The topological polar surface area (TPSA) is 57.0 Å². The molecule has 1 aromatic carbocycles. The lowest BCUT2D eigenvalue weighted by Crippen LogP contribution is -2.15. The van der Waals surface area contributed by atoms with Crippen molar-refractivity contribution >= 4 is 5.78 Å². The van der Waals surface area contributed by atoms with Crippen molar-refractivity contribution in [3.05, 3.63) is 41.0 Å². The van der Waals surface area contributed by atoms with E-state index in [9.17, 15) is 4.79 Å². The first kappa shape index (κ1) is 15.2. The van der Waals surface area contributed by atoms with Crippen LogP contribution >= 0.6 is 0 Å². The third-order valence-electron chi connectivity index (χ3n) is 3.38. The molecule has 0 saturated heterocycles. The van der Waals surface area contributed by atoms with Gasteiger partial charge in [0.05, 0.1) is 12.7 Å². The number of hydrogen-bond acceptors (Lipinski definition) is 4. The Morgan fingerprint density at radius 1 is 1.29 bits per heavy atom. The zero-order chi connectivity index (χ0) is 15.4. The molecule has 2 rings (SSSR count). The summed E-state index contributed by atoms with van der Waals surface area (Å²) in [7, 11) is 1.58. The Bertz CT molecular complexity index is 647. The van der Waals surface area contributed by atoms with E-state index in [1.165, 1.54) is 0 Å². The second kappa shape index (κ2) is 6.52. The summed E-state index contributed by atoms with van der Waals surface area (Å²) in [5.74, 6) is 2.20. The van der Waals surface area contributed by atoms with E-state index in [1.54, 1.807) is 17.9 Å². The van der Waals surface area contributed by atoms with Gasteiger partial charge < -0.3 is 4.74 Å².